The largest absolute Gasteiger partial charge is 0.348 e. The standard InChI is InChI=1S/C22H23FN4O.ClH/c1-14-3-2-4-16(11-14)21-19(22(28)25-20(12-24)15-5-6-15)13-27(26-21)18-9-7-17(23)8-10-18;/h2-4,7-11,13,15,20H,5-6,12,24H2,1H3,(H,25,28);1H. The number of carbonyl (C=O) groups excluding carboxylic acids is 1. The normalized spacial score (nSPS) is 14.2. The Bertz CT molecular complexity index is 998. The molecular formula is C22H24ClFN4O. The minimum Gasteiger partial charge on any atom is -0.348 e. The molecule has 29 heavy (non-hydrogen) atoms. The fourth-order valence-corrected chi connectivity index (χ4v) is 3.39. The lowest BCUT2D eigenvalue weighted by Crippen LogP contribution is -2.41. The zero-order valence-electron chi connectivity index (χ0n) is 16.1. The summed E-state index contributed by atoms with van der Waals surface area (Å²) < 4.78 is 14.9. The molecule has 1 heterocycles. The van der Waals surface area contributed by atoms with Gasteiger partial charge >= 0.3 is 0 Å². The van der Waals surface area contributed by atoms with Crippen molar-refractivity contribution in [2.24, 2.45) is 11.7 Å². The molecule has 7 heteroatoms. The van der Waals surface area contributed by atoms with Gasteiger partial charge in [-0.1, -0.05) is 23.8 Å². The Balaban J connectivity index is 0.00000240. The number of nitrogens with one attached hydrogen (secondary N) is 1. The molecule has 1 atom stereocenters. The maximum absolute atomic E-state index is 13.3. The maximum Gasteiger partial charge on any atom is 0.255 e. The number of nitrogens with zero attached hydrogens (tertiary/aromatic N) is 2. The highest BCUT2D eigenvalue weighted by atomic mass is 35.5. The average Bonchev–Trinajstić information content (AvgIpc) is 3.44. The van der Waals surface area contributed by atoms with E-state index in [1.54, 1.807) is 23.0 Å². The van der Waals surface area contributed by atoms with E-state index in [9.17, 15) is 9.18 Å². The molecule has 1 aliphatic carbocycles. The molecule has 0 saturated heterocycles. The van der Waals surface area contributed by atoms with E-state index in [0.29, 0.717) is 29.4 Å². The quantitative estimate of drug-likeness (QED) is 0.643. The molecule has 1 unspecified atom stereocenters. The third kappa shape index (κ3) is 4.66. The van der Waals surface area contributed by atoms with Crippen LogP contribution >= 0.6 is 12.4 Å². The number of benzene rings is 2. The van der Waals surface area contributed by atoms with Gasteiger partial charge in [-0.05, 0) is 56.0 Å². The van der Waals surface area contributed by atoms with Gasteiger partial charge in [0, 0.05) is 24.3 Å². The average molecular weight is 415 g/mol. The number of halogens is 2. The molecule has 3 N–H and O–H groups in total. The van der Waals surface area contributed by atoms with Crippen LogP contribution in [-0.4, -0.2) is 28.3 Å². The predicted molar refractivity (Wildman–Crippen MR) is 114 cm³/mol. The minimum atomic E-state index is -0.317. The Morgan fingerprint density at radius 2 is 2.00 bits per heavy atom. The van der Waals surface area contributed by atoms with Crippen LogP contribution in [0.3, 0.4) is 0 Å². The van der Waals surface area contributed by atoms with E-state index in [-0.39, 0.29) is 30.2 Å². The predicted octanol–water partition coefficient (Wildman–Crippen LogP) is 3.88. The molecule has 1 aliphatic rings. The van der Waals surface area contributed by atoms with Gasteiger partial charge in [-0.25, -0.2) is 9.07 Å². The molecule has 1 amide bonds. The van der Waals surface area contributed by atoms with Gasteiger partial charge in [0.1, 0.15) is 11.5 Å². The van der Waals surface area contributed by atoms with Crippen LogP contribution < -0.4 is 11.1 Å². The number of carbonyl (C=O) groups is 1. The van der Waals surface area contributed by atoms with E-state index < -0.39 is 0 Å². The van der Waals surface area contributed by atoms with Crippen molar-refractivity contribution in [2.45, 2.75) is 25.8 Å². The first kappa shape index (κ1) is 21.0. The Kier molecular flexibility index (Phi) is 6.35. The van der Waals surface area contributed by atoms with Gasteiger partial charge < -0.3 is 11.1 Å². The Morgan fingerprint density at radius 3 is 2.62 bits per heavy atom. The maximum atomic E-state index is 13.3. The number of nitrogens with two attached hydrogens (primary N) is 1. The van der Waals surface area contributed by atoms with Gasteiger partial charge in [0.05, 0.1) is 11.3 Å². The summed E-state index contributed by atoms with van der Waals surface area (Å²) >= 11 is 0. The van der Waals surface area contributed by atoms with Crippen LogP contribution in [0.25, 0.3) is 16.9 Å². The second kappa shape index (κ2) is 8.76. The number of hydrogen-bond donors (Lipinski definition) is 2. The van der Waals surface area contributed by atoms with Crippen molar-refractivity contribution < 1.29 is 9.18 Å². The van der Waals surface area contributed by atoms with Gasteiger partial charge in [0.25, 0.3) is 5.91 Å². The van der Waals surface area contributed by atoms with Gasteiger partial charge in [0.2, 0.25) is 0 Å². The van der Waals surface area contributed by atoms with Crippen molar-refractivity contribution in [1.29, 1.82) is 0 Å². The molecule has 5 nitrogen and oxygen atoms in total. The Hall–Kier alpha value is -2.70. The summed E-state index contributed by atoms with van der Waals surface area (Å²) in [7, 11) is 0. The second-order valence-corrected chi connectivity index (χ2v) is 7.33. The summed E-state index contributed by atoms with van der Waals surface area (Å²) in [5.74, 6) is -0.0428. The van der Waals surface area contributed by atoms with Crippen molar-refractivity contribution in [2.75, 3.05) is 6.54 Å². The van der Waals surface area contributed by atoms with Crippen LogP contribution in [0, 0.1) is 18.7 Å². The first-order chi connectivity index (χ1) is 13.5. The topological polar surface area (TPSA) is 72.9 Å². The molecular weight excluding hydrogens is 391 g/mol. The second-order valence-electron chi connectivity index (χ2n) is 7.33. The summed E-state index contributed by atoms with van der Waals surface area (Å²) in [6.07, 6.45) is 3.89. The number of rotatable bonds is 6. The van der Waals surface area contributed by atoms with Crippen molar-refractivity contribution in [3.63, 3.8) is 0 Å². The summed E-state index contributed by atoms with van der Waals surface area (Å²) in [5, 5.41) is 7.70. The van der Waals surface area contributed by atoms with Crippen LogP contribution in [0.4, 0.5) is 4.39 Å². The molecule has 0 spiro atoms. The highest BCUT2D eigenvalue weighted by Crippen LogP contribution is 2.32. The van der Waals surface area contributed by atoms with Gasteiger partial charge in [0.15, 0.2) is 0 Å². The minimum absolute atomic E-state index is 0. The van der Waals surface area contributed by atoms with Gasteiger partial charge in [-0.2, -0.15) is 5.10 Å². The van der Waals surface area contributed by atoms with Crippen LogP contribution in [0.1, 0.15) is 28.8 Å². The number of aromatic nitrogens is 2. The zero-order chi connectivity index (χ0) is 19.7. The third-order valence-electron chi connectivity index (χ3n) is 5.10. The van der Waals surface area contributed by atoms with E-state index in [1.165, 1.54) is 12.1 Å². The fourth-order valence-electron chi connectivity index (χ4n) is 3.39. The number of hydrogen-bond acceptors (Lipinski definition) is 3. The molecule has 3 aromatic rings. The summed E-state index contributed by atoms with van der Waals surface area (Å²) in [5.41, 5.74) is 9.55. The Labute approximate surface area is 175 Å². The lowest BCUT2D eigenvalue weighted by atomic mass is 10.0. The van der Waals surface area contributed by atoms with Gasteiger partial charge in [-0.3, -0.25) is 4.79 Å². The molecule has 2 aromatic carbocycles. The molecule has 4 rings (SSSR count). The Morgan fingerprint density at radius 1 is 1.28 bits per heavy atom. The van der Waals surface area contributed by atoms with Crippen molar-refractivity contribution in [3.05, 3.63) is 71.7 Å². The lowest BCUT2D eigenvalue weighted by molar-refractivity contribution is 0.0934. The van der Waals surface area contributed by atoms with E-state index in [4.69, 9.17) is 5.73 Å². The monoisotopic (exact) mass is 414 g/mol. The van der Waals surface area contributed by atoms with Crippen molar-refractivity contribution >= 4 is 18.3 Å². The number of aryl methyl sites for hydroxylation is 1. The van der Waals surface area contributed by atoms with Crippen molar-refractivity contribution in [1.82, 2.24) is 15.1 Å². The molecule has 152 valence electrons. The molecule has 0 radical (unpaired) electrons. The smallest absolute Gasteiger partial charge is 0.255 e. The number of amides is 1. The molecule has 1 fully saturated rings. The van der Waals surface area contributed by atoms with E-state index >= 15 is 0 Å². The molecule has 0 aliphatic heterocycles. The summed E-state index contributed by atoms with van der Waals surface area (Å²) in [6, 6.07) is 13.9. The van der Waals surface area contributed by atoms with Crippen LogP contribution in [0.2, 0.25) is 0 Å². The van der Waals surface area contributed by atoms with Crippen molar-refractivity contribution in [3.8, 4) is 16.9 Å². The van der Waals surface area contributed by atoms with E-state index in [0.717, 1.165) is 24.0 Å². The SMILES string of the molecule is Cc1cccc(-c2nn(-c3ccc(F)cc3)cc2C(=O)NC(CN)C2CC2)c1.Cl. The highest BCUT2D eigenvalue weighted by molar-refractivity contribution is 6.00. The van der Waals surface area contributed by atoms with Crippen LogP contribution in [0.15, 0.2) is 54.7 Å². The molecule has 1 aromatic heterocycles. The van der Waals surface area contributed by atoms with Crippen LogP contribution in [-0.2, 0) is 0 Å². The summed E-state index contributed by atoms with van der Waals surface area (Å²) in [6.45, 7) is 2.42. The fraction of sp³-hybridized carbons (Fsp3) is 0.273. The molecule has 1 saturated carbocycles. The third-order valence-corrected chi connectivity index (χ3v) is 5.10. The van der Waals surface area contributed by atoms with Gasteiger partial charge in [-0.15, -0.1) is 12.4 Å². The lowest BCUT2D eigenvalue weighted by Gasteiger charge is -2.15. The highest BCUT2D eigenvalue weighted by Gasteiger charge is 2.32. The van der Waals surface area contributed by atoms with Crippen LogP contribution in [0.5, 0.6) is 0 Å². The molecule has 0 bridgehead atoms. The zero-order valence-corrected chi connectivity index (χ0v) is 17.0. The first-order valence-corrected chi connectivity index (χ1v) is 9.48. The van der Waals surface area contributed by atoms with E-state index in [1.807, 2.05) is 31.2 Å². The van der Waals surface area contributed by atoms with E-state index in [2.05, 4.69) is 10.4 Å². The first-order valence-electron chi connectivity index (χ1n) is 9.48. The summed E-state index contributed by atoms with van der Waals surface area (Å²) in [4.78, 5) is 13.0.